The van der Waals surface area contributed by atoms with Crippen LogP contribution >= 0.6 is 0 Å². The van der Waals surface area contributed by atoms with Crippen LogP contribution in [0.4, 0.5) is 10.6 Å². The van der Waals surface area contributed by atoms with Gasteiger partial charge in [0.25, 0.3) is 0 Å². The summed E-state index contributed by atoms with van der Waals surface area (Å²) in [5.41, 5.74) is -0.493. The molecular weight excluding hydrogens is 282 g/mol. The van der Waals surface area contributed by atoms with Gasteiger partial charge in [0, 0.05) is 32.9 Å². The van der Waals surface area contributed by atoms with Crippen molar-refractivity contribution < 1.29 is 14.3 Å². The highest BCUT2D eigenvalue weighted by Crippen LogP contribution is 2.19. The Morgan fingerprint density at radius 3 is 2.73 bits per heavy atom. The normalized spacial score (nSPS) is 19.2. The first-order chi connectivity index (χ1) is 10.4. The van der Waals surface area contributed by atoms with E-state index in [0.717, 1.165) is 12.4 Å². The maximum absolute atomic E-state index is 12.4. The molecule has 0 saturated carbocycles. The summed E-state index contributed by atoms with van der Waals surface area (Å²) in [6, 6.07) is 5.80. The largest absolute Gasteiger partial charge is 0.444 e. The summed E-state index contributed by atoms with van der Waals surface area (Å²) in [4.78, 5) is 20.7. The molecule has 0 bridgehead atoms. The zero-order chi connectivity index (χ0) is 16.2. The van der Waals surface area contributed by atoms with Crippen LogP contribution < -0.4 is 4.90 Å². The molecule has 1 amide bonds. The van der Waals surface area contributed by atoms with E-state index in [-0.39, 0.29) is 12.1 Å². The molecule has 0 N–H and O–H groups in total. The molecule has 122 valence electrons. The summed E-state index contributed by atoms with van der Waals surface area (Å²) in [7, 11) is 1.65. The summed E-state index contributed by atoms with van der Waals surface area (Å²) in [5, 5.41) is 0. The molecule has 1 aliphatic heterocycles. The molecule has 0 radical (unpaired) electrons. The minimum absolute atomic E-state index is 0.0457. The fraction of sp³-hybridized carbons (Fsp3) is 0.625. The van der Waals surface area contributed by atoms with Gasteiger partial charge in [0.05, 0.1) is 12.6 Å². The third-order valence-corrected chi connectivity index (χ3v) is 3.44. The van der Waals surface area contributed by atoms with E-state index in [1.165, 1.54) is 0 Å². The summed E-state index contributed by atoms with van der Waals surface area (Å²) in [6.07, 6.45) is 1.50. The summed E-state index contributed by atoms with van der Waals surface area (Å²) in [5.74, 6) is 0.924. The van der Waals surface area contributed by atoms with Gasteiger partial charge in [-0.3, -0.25) is 4.90 Å². The Morgan fingerprint density at radius 1 is 1.36 bits per heavy atom. The Kier molecular flexibility index (Phi) is 5.24. The summed E-state index contributed by atoms with van der Waals surface area (Å²) in [6.45, 7) is 8.11. The van der Waals surface area contributed by atoms with Crippen molar-refractivity contribution in [2.75, 3.05) is 38.3 Å². The van der Waals surface area contributed by atoms with Gasteiger partial charge < -0.3 is 14.4 Å². The lowest BCUT2D eigenvalue weighted by molar-refractivity contribution is 0.00338. The molecule has 2 heterocycles. The predicted molar refractivity (Wildman–Crippen MR) is 85.1 cm³/mol. The van der Waals surface area contributed by atoms with E-state index in [2.05, 4.69) is 9.88 Å². The van der Waals surface area contributed by atoms with Crippen molar-refractivity contribution in [3.63, 3.8) is 0 Å². The number of carbonyl (C=O) groups excluding carboxylic acids is 1. The molecule has 1 aliphatic rings. The number of piperazine rings is 1. The zero-order valence-electron chi connectivity index (χ0n) is 13.8. The maximum atomic E-state index is 12.4. The predicted octanol–water partition coefficient (Wildman–Crippen LogP) is 2.15. The highest BCUT2D eigenvalue weighted by Gasteiger charge is 2.33. The van der Waals surface area contributed by atoms with Gasteiger partial charge in [0.1, 0.15) is 11.4 Å². The fourth-order valence-corrected chi connectivity index (χ4v) is 2.50. The lowest BCUT2D eigenvalue weighted by Gasteiger charge is -2.41. The number of amides is 1. The van der Waals surface area contributed by atoms with Crippen LogP contribution in [0.3, 0.4) is 0 Å². The van der Waals surface area contributed by atoms with Crippen LogP contribution in [0.15, 0.2) is 24.4 Å². The molecule has 0 unspecified atom stereocenters. The van der Waals surface area contributed by atoms with Crippen molar-refractivity contribution in [3.8, 4) is 0 Å². The monoisotopic (exact) mass is 307 g/mol. The Hall–Kier alpha value is -1.82. The first-order valence-electron chi connectivity index (χ1n) is 7.55. The molecule has 1 aromatic rings. The van der Waals surface area contributed by atoms with Crippen LogP contribution in [0.25, 0.3) is 0 Å². The molecule has 0 aromatic carbocycles. The molecule has 1 aromatic heterocycles. The topological polar surface area (TPSA) is 54.9 Å². The first-order valence-corrected chi connectivity index (χ1v) is 7.55. The third kappa shape index (κ3) is 4.34. The Bertz CT molecular complexity index is 487. The van der Waals surface area contributed by atoms with E-state index >= 15 is 0 Å². The summed E-state index contributed by atoms with van der Waals surface area (Å²) < 4.78 is 10.8. The molecule has 6 nitrogen and oxygen atoms in total. The highest BCUT2D eigenvalue weighted by molar-refractivity contribution is 5.69. The van der Waals surface area contributed by atoms with Gasteiger partial charge in [-0.25, -0.2) is 9.78 Å². The Morgan fingerprint density at radius 2 is 2.14 bits per heavy atom. The van der Waals surface area contributed by atoms with Gasteiger partial charge in [-0.1, -0.05) is 6.07 Å². The van der Waals surface area contributed by atoms with Gasteiger partial charge in [-0.15, -0.1) is 0 Å². The smallest absolute Gasteiger partial charge is 0.410 e. The van der Waals surface area contributed by atoms with Gasteiger partial charge in [-0.05, 0) is 32.9 Å². The van der Waals surface area contributed by atoms with Gasteiger partial charge in [-0.2, -0.15) is 0 Å². The number of hydrogen-bond donors (Lipinski definition) is 0. The number of carbonyl (C=O) groups is 1. The van der Waals surface area contributed by atoms with Gasteiger partial charge in [0.2, 0.25) is 0 Å². The van der Waals surface area contributed by atoms with E-state index in [1.807, 2.05) is 39.0 Å². The molecule has 1 atom stereocenters. The highest BCUT2D eigenvalue weighted by atomic mass is 16.6. The van der Waals surface area contributed by atoms with Crippen LogP contribution in [0.5, 0.6) is 0 Å². The number of pyridine rings is 1. The lowest BCUT2D eigenvalue weighted by Crippen LogP contribution is -2.58. The average molecular weight is 307 g/mol. The second kappa shape index (κ2) is 6.96. The first kappa shape index (κ1) is 16.5. The average Bonchev–Trinajstić information content (AvgIpc) is 2.46. The van der Waals surface area contributed by atoms with E-state index in [1.54, 1.807) is 18.2 Å². The molecular formula is C16H25N3O3. The molecule has 2 rings (SSSR count). The SMILES string of the molecule is COC[C@H]1CN(c2ccccn2)CCN1C(=O)OC(C)(C)C. The zero-order valence-corrected chi connectivity index (χ0v) is 13.8. The standard InChI is InChI=1S/C16H25N3O3/c1-16(2,3)22-15(20)19-10-9-18(11-13(19)12-21-4)14-7-5-6-8-17-14/h5-8,13H,9-12H2,1-4H3/t13-/m1/s1. The van der Waals surface area contributed by atoms with Gasteiger partial charge >= 0.3 is 6.09 Å². The van der Waals surface area contributed by atoms with Gasteiger partial charge in [0.15, 0.2) is 0 Å². The van der Waals surface area contributed by atoms with Crippen molar-refractivity contribution in [2.24, 2.45) is 0 Å². The van der Waals surface area contributed by atoms with Crippen LogP contribution in [0.1, 0.15) is 20.8 Å². The molecule has 0 aliphatic carbocycles. The lowest BCUT2D eigenvalue weighted by atomic mass is 10.1. The van der Waals surface area contributed by atoms with E-state index < -0.39 is 5.60 Å². The summed E-state index contributed by atoms with van der Waals surface area (Å²) >= 11 is 0. The molecule has 22 heavy (non-hydrogen) atoms. The van der Waals surface area contributed by atoms with Crippen molar-refractivity contribution >= 4 is 11.9 Å². The number of methoxy groups -OCH3 is 1. The second-order valence-corrected chi connectivity index (χ2v) is 6.42. The van der Waals surface area contributed by atoms with E-state index in [0.29, 0.717) is 19.7 Å². The van der Waals surface area contributed by atoms with Crippen LogP contribution in [-0.4, -0.2) is 61.0 Å². The third-order valence-electron chi connectivity index (χ3n) is 3.44. The van der Waals surface area contributed by atoms with Crippen LogP contribution in [0.2, 0.25) is 0 Å². The van der Waals surface area contributed by atoms with Crippen molar-refractivity contribution in [2.45, 2.75) is 32.4 Å². The number of hydrogen-bond acceptors (Lipinski definition) is 5. The maximum Gasteiger partial charge on any atom is 0.410 e. The molecule has 1 saturated heterocycles. The second-order valence-electron chi connectivity index (χ2n) is 6.42. The number of nitrogens with zero attached hydrogens (tertiary/aromatic N) is 3. The van der Waals surface area contributed by atoms with Crippen molar-refractivity contribution in [1.82, 2.24) is 9.88 Å². The molecule has 0 spiro atoms. The van der Waals surface area contributed by atoms with Crippen molar-refractivity contribution in [1.29, 1.82) is 0 Å². The Balaban J connectivity index is 2.06. The number of ether oxygens (including phenoxy) is 2. The quantitative estimate of drug-likeness (QED) is 0.856. The Labute approximate surface area is 132 Å². The van der Waals surface area contributed by atoms with Crippen LogP contribution in [-0.2, 0) is 9.47 Å². The van der Waals surface area contributed by atoms with E-state index in [4.69, 9.17) is 9.47 Å². The number of aromatic nitrogens is 1. The fourth-order valence-electron chi connectivity index (χ4n) is 2.50. The van der Waals surface area contributed by atoms with Crippen molar-refractivity contribution in [3.05, 3.63) is 24.4 Å². The number of rotatable bonds is 3. The molecule has 1 fully saturated rings. The minimum atomic E-state index is -0.493. The number of anilines is 1. The molecule has 6 heteroatoms. The van der Waals surface area contributed by atoms with E-state index in [9.17, 15) is 4.79 Å². The van der Waals surface area contributed by atoms with Crippen LogP contribution in [0, 0.1) is 0 Å². The minimum Gasteiger partial charge on any atom is -0.444 e.